The van der Waals surface area contributed by atoms with Gasteiger partial charge in [0.15, 0.2) is 5.60 Å². The monoisotopic (exact) mass is 1040 g/mol. The lowest BCUT2D eigenvalue weighted by Crippen LogP contribution is -2.51. The highest BCUT2D eigenvalue weighted by Crippen LogP contribution is 2.49. The van der Waals surface area contributed by atoms with Gasteiger partial charge in [0.2, 0.25) is 5.91 Å². The van der Waals surface area contributed by atoms with Gasteiger partial charge in [-0.25, -0.2) is 0 Å². The predicted octanol–water partition coefficient (Wildman–Crippen LogP) is 7.93. The van der Waals surface area contributed by atoms with E-state index in [0.29, 0.717) is 74.9 Å². The first kappa shape index (κ1) is 54.4. The van der Waals surface area contributed by atoms with Crippen LogP contribution in [0.3, 0.4) is 0 Å². The zero-order valence-electron chi connectivity index (χ0n) is 42.7. The Bertz CT molecular complexity index is 3150. The number of anilines is 1. The molecule has 4 amide bonds. The number of nitrogens with one attached hydrogen (secondary N) is 2. The minimum absolute atomic E-state index is 0.0858. The first-order valence-electron chi connectivity index (χ1n) is 24.6. The number of nitrogens with zero attached hydrogens (tertiary/aromatic N) is 2. The number of amides is 4. The summed E-state index contributed by atoms with van der Waals surface area (Å²) in [5.74, 6) is -0.349. The van der Waals surface area contributed by atoms with Gasteiger partial charge in [0, 0.05) is 79.0 Å². The van der Waals surface area contributed by atoms with Crippen molar-refractivity contribution in [2.75, 3.05) is 31.1 Å². The minimum Gasteiger partial charge on any atom is -0.507 e. The molecule has 5 N–H and O–H groups in total. The van der Waals surface area contributed by atoms with Crippen molar-refractivity contribution in [3.63, 3.8) is 0 Å². The van der Waals surface area contributed by atoms with E-state index in [4.69, 9.17) is 4.74 Å². The Hall–Kier alpha value is -6.34. The molecule has 390 valence electrons. The number of allylic oxidation sites excluding steroid dienone is 8. The highest BCUT2D eigenvalue weighted by atomic mass is 32.2. The fourth-order valence-electron chi connectivity index (χ4n) is 10.2. The van der Waals surface area contributed by atoms with Gasteiger partial charge >= 0.3 is 0 Å². The van der Waals surface area contributed by atoms with Gasteiger partial charge in [-0.3, -0.25) is 33.2 Å². The predicted molar refractivity (Wildman–Crippen MR) is 278 cm³/mol. The molecular weight excluding hydrogens is 973 g/mol. The van der Waals surface area contributed by atoms with Crippen LogP contribution < -0.4 is 20.3 Å². The molecule has 0 aromatic heterocycles. The summed E-state index contributed by atoms with van der Waals surface area (Å²) in [5.41, 5.74) is 6.10. The van der Waals surface area contributed by atoms with Crippen molar-refractivity contribution in [2.24, 2.45) is 0 Å². The van der Waals surface area contributed by atoms with Crippen LogP contribution in [-0.2, 0) is 56.7 Å². The zero-order valence-corrected chi connectivity index (χ0v) is 44.4. The molecule has 0 bridgehead atoms. The number of phenols is 1. The van der Waals surface area contributed by atoms with Crippen molar-refractivity contribution in [1.82, 2.24) is 15.5 Å². The molecule has 4 aliphatic rings. The van der Waals surface area contributed by atoms with Crippen LogP contribution >= 0.6 is 0 Å². The van der Waals surface area contributed by atoms with E-state index in [1.54, 1.807) is 19.1 Å². The summed E-state index contributed by atoms with van der Waals surface area (Å²) in [7, 11) is -9.04. The fourth-order valence-corrected chi connectivity index (χ4v) is 11.2. The van der Waals surface area contributed by atoms with E-state index in [9.17, 15) is 50.2 Å². The molecule has 3 heterocycles. The first-order chi connectivity index (χ1) is 34.2. The number of rotatable bonds is 18. The molecule has 18 heteroatoms. The fraction of sp³-hybridized carbons (Fsp3) is 0.418. The van der Waals surface area contributed by atoms with Crippen LogP contribution in [0, 0.1) is 20.8 Å². The van der Waals surface area contributed by atoms with Crippen molar-refractivity contribution in [3.8, 4) is 11.5 Å². The standard InChI is InChI=1S/C55H66N4O12S2/c1-34-35(2)51-41(36(3)50(34)63)25-26-55(8,71-51)52(64)57-27-12-11-15-37-31-38(53(4,5)43-32-39(72(65,66)67)19-21-42(37)43)16-14-17-46-54(6,7)44-33-40(73(68,69)70)20-22-45(44)58(46)29-13-9-10-18-47(60)56-28-30-59-48(61)23-24-49(59)62/h14-17,19-24,31-33,63H,9-13,18,25-30H2,1-8H3,(H,56,60)(H,57,64)(H,65,66,67)(H,68,69,70). The Morgan fingerprint density at radius 2 is 1.42 bits per heavy atom. The third-order valence-corrected chi connectivity index (χ3v) is 16.6. The van der Waals surface area contributed by atoms with E-state index >= 15 is 0 Å². The lowest BCUT2D eigenvalue weighted by Gasteiger charge is -2.36. The molecule has 0 fully saturated rings. The SMILES string of the molecule is Cc1c(C)c2c(c(C)c1O)CCC(C)(C(=O)NCCCC=C1C=C(C=CC=C3N(CCCCCC(=O)NCCN4C(=O)C=CC4=O)c4ccc(S(=O)(=O)O)cc4C3(C)C)C(C)(C)c3cc(S(=O)(=O)O)ccc31)O2. The van der Waals surface area contributed by atoms with Crippen molar-refractivity contribution < 1.29 is 55.0 Å². The maximum atomic E-state index is 13.6. The molecule has 3 aromatic carbocycles. The van der Waals surface area contributed by atoms with Gasteiger partial charge in [-0.15, -0.1) is 0 Å². The van der Waals surface area contributed by atoms with E-state index in [1.165, 1.54) is 36.4 Å². The summed E-state index contributed by atoms with van der Waals surface area (Å²) in [6.45, 7) is 16.4. The Kier molecular flexibility index (Phi) is 15.6. The number of phenolic OH excluding ortho intramolecular Hbond substituents is 1. The van der Waals surface area contributed by atoms with Crippen molar-refractivity contribution >= 4 is 55.1 Å². The average molecular weight is 1040 g/mol. The molecule has 3 aliphatic heterocycles. The number of fused-ring (bicyclic) bond motifs is 3. The van der Waals surface area contributed by atoms with Gasteiger partial charge in [-0.2, -0.15) is 16.8 Å². The molecule has 1 unspecified atom stereocenters. The Balaban J connectivity index is 1.08. The molecule has 3 aromatic rings. The van der Waals surface area contributed by atoms with Gasteiger partial charge in [-0.05, 0) is 141 Å². The quantitative estimate of drug-likeness (QED) is 0.0463. The number of ether oxygens (including phenoxy) is 1. The van der Waals surface area contributed by atoms with Crippen LogP contribution in [0.25, 0.3) is 5.57 Å². The smallest absolute Gasteiger partial charge is 0.294 e. The summed E-state index contributed by atoms with van der Waals surface area (Å²) in [6.07, 6.45) is 16.6. The van der Waals surface area contributed by atoms with Gasteiger partial charge in [0.05, 0.1) is 9.79 Å². The summed E-state index contributed by atoms with van der Waals surface area (Å²) in [6, 6.07) is 9.12. The number of hydrogen-bond donors (Lipinski definition) is 5. The number of unbranched alkanes of at least 4 members (excludes halogenated alkanes) is 3. The van der Waals surface area contributed by atoms with Crippen LogP contribution in [0.15, 0.2) is 100.0 Å². The number of carbonyl (C=O) groups excluding carboxylic acids is 4. The van der Waals surface area contributed by atoms with Crippen LogP contribution in [0.2, 0.25) is 0 Å². The molecule has 0 spiro atoms. The van der Waals surface area contributed by atoms with E-state index < -0.39 is 48.5 Å². The molecular formula is C55H66N4O12S2. The normalized spacial score (nSPS) is 20.1. The van der Waals surface area contributed by atoms with Crippen molar-refractivity contribution in [3.05, 3.63) is 129 Å². The van der Waals surface area contributed by atoms with E-state index in [-0.39, 0.29) is 46.9 Å². The molecule has 16 nitrogen and oxygen atoms in total. The minimum atomic E-state index is -4.54. The number of hydrogen-bond acceptors (Lipinski definition) is 11. The second-order valence-electron chi connectivity index (χ2n) is 20.5. The second kappa shape index (κ2) is 20.9. The number of benzene rings is 3. The Morgan fingerprint density at radius 3 is 2.10 bits per heavy atom. The summed E-state index contributed by atoms with van der Waals surface area (Å²) >= 11 is 0. The van der Waals surface area contributed by atoms with Gasteiger partial charge < -0.3 is 25.4 Å². The third kappa shape index (κ3) is 11.3. The van der Waals surface area contributed by atoms with Gasteiger partial charge in [-0.1, -0.05) is 64.5 Å². The molecule has 0 saturated heterocycles. The number of carbonyl (C=O) groups is 4. The molecule has 7 rings (SSSR count). The van der Waals surface area contributed by atoms with E-state index in [1.807, 2.05) is 78.8 Å². The van der Waals surface area contributed by atoms with Crippen LogP contribution in [-0.4, -0.2) is 91.4 Å². The molecule has 0 saturated carbocycles. The second-order valence-corrected chi connectivity index (χ2v) is 23.3. The summed E-state index contributed by atoms with van der Waals surface area (Å²) < 4.78 is 75.9. The number of imide groups is 1. The topological polar surface area (TPSA) is 237 Å². The lowest BCUT2D eigenvalue weighted by atomic mass is 9.70. The van der Waals surface area contributed by atoms with Crippen molar-refractivity contribution in [1.29, 1.82) is 0 Å². The lowest BCUT2D eigenvalue weighted by molar-refractivity contribution is -0.137. The summed E-state index contributed by atoms with van der Waals surface area (Å²) in [4.78, 5) is 52.6. The van der Waals surface area contributed by atoms with E-state index in [0.717, 1.165) is 55.2 Å². The highest BCUT2D eigenvalue weighted by molar-refractivity contribution is 7.86. The largest absolute Gasteiger partial charge is 0.507 e. The van der Waals surface area contributed by atoms with Crippen molar-refractivity contribution in [2.45, 2.75) is 133 Å². The van der Waals surface area contributed by atoms with Gasteiger partial charge in [0.25, 0.3) is 38.0 Å². The van der Waals surface area contributed by atoms with E-state index in [2.05, 4.69) is 15.5 Å². The molecule has 73 heavy (non-hydrogen) atoms. The first-order valence-corrected chi connectivity index (χ1v) is 27.5. The highest BCUT2D eigenvalue weighted by Gasteiger charge is 2.42. The molecule has 1 aliphatic carbocycles. The zero-order chi connectivity index (χ0) is 53.4. The Morgan fingerprint density at radius 1 is 0.767 bits per heavy atom. The third-order valence-electron chi connectivity index (χ3n) is 14.9. The van der Waals surface area contributed by atoms with Crippen LogP contribution in [0.5, 0.6) is 11.5 Å². The average Bonchev–Trinajstić information content (AvgIpc) is 3.76. The van der Waals surface area contributed by atoms with Crippen LogP contribution in [0.4, 0.5) is 5.69 Å². The van der Waals surface area contributed by atoms with Gasteiger partial charge in [0.1, 0.15) is 11.5 Å². The summed E-state index contributed by atoms with van der Waals surface area (Å²) in [5, 5.41) is 16.4. The Labute approximate surface area is 428 Å². The maximum absolute atomic E-state index is 13.6. The van der Waals surface area contributed by atoms with Crippen LogP contribution in [0.1, 0.15) is 119 Å². The number of aromatic hydroxyl groups is 1. The maximum Gasteiger partial charge on any atom is 0.294 e. The molecule has 0 radical (unpaired) electrons. The molecule has 1 atom stereocenters.